The van der Waals surface area contributed by atoms with E-state index < -0.39 is 33.2 Å². The summed E-state index contributed by atoms with van der Waals surface area (Å²) in [5.74, 6) is 0.816. The van der Waals surface area contributed by atoms with E-state index in [1.807, 2.05) is 6.07 Å². The Bertz CT molecular complexity index is 1640. The number of sulfone groups is 1. The number of aromatic nitrogens is 4. The Balaban J connectivity index is 1.65. The third kappa shape index (κ3) is 4.64. The fourth-order valence-electron chi connectivity index (χ4n) is 5.04. The van der Waals surface area contributed by atoms with Crippen LogP contribution in [-0.4, -0.2) is 46.4 Å². The fraction of sp³-hybridized carbons (Fsp3) is 0.400. The van der Waals surface area contributed by atoms with E-state index in [1.165, 1.54) is 6.07 Å². The average Bonchev–Trinajstić information content (AvgIpc) is 3.34. The van der Waals surface area contributed by atoms with Crippen molar-refractivity contribution >= 4 is 38.0 Å². The predicted octanol–water partition coefficient (Wildman–Crippen LogP) is 4.41. The summed E-state index contributed by atoms with van der Waals surface area (Å²) in [6.07, 6.45) is -0.645. The Morgan fingerprint density at radius 2 is 1.84 bits per heavy atom. The van der Waals surface area contributed by atoms with Crippen LogP contribution in [0.4, 0.5) is 24.7 Å². The lowest BCUT2D eigenvalue weighted by Crippen LogP contribution is -2.39. The molecule has 1 saturated heterocycles. The third-order valence-electron chi connectivity index (χ3n) is 7.11. The number of hydrogen-bond acceptors (Lipinski definition) is 8. The van der Waals surface area contributed by atoms with Gasteiger partial charge in [-0.05, 0) is 56.5 Å². The minimum Gasteiger partial charge on any atom is -0.399 e. The number of rotatable bonds is 5. The minimum absolute atomic E-state index is 0.00361. The molecule has 38 heavy (non-hydrogen) atoms. The lowest BCUT2D eigenvalue weighted by molar-refractivity contribution is -0.137. The molecule has 0 unspecified atom stereocenters. The number of nitrogens with one attached hydrogen (secondary N) is 1. The number of pyridine rings is 1. The molecular weight excluding hydrogens is 521 g/mol. The lowest BCUT2D eigenvalue weighted by atomic mass is 9.87. The smallest absolute Gasteiger partial charge is 0.399 e. The van der Waals surface area contributed by atoms with Crippen LogP contribution in [0.15, 0.2) is 36.7 Å². The van der Waals surface area contributed by atoms with Gasteiger partial charge in [0.15, 0.2) is 15.5 Å². The van der Waals surface area contributed by atoms with Crippen LogP contribution in [0.25, 0.3) is 16.7 Å². The second kappa shape index (κ2) is 9.09. The van der Waals surface area contributed by atoms with Crippen LogP contribution in [0.2, 0.25) is 0 Å². The lowest BCUT2D eigenvalue weighted by Gasteiger charge is -2.36. The zero-order valence-electron chi connectivity index (χ0n) is 21.0. The van der Waals surface area contributed by atoms with Gasteiger partial charge in [-0.2, -0.15) is 13.2 Å². The van der Waals surface area contributed by atoms with E-state index in [0.29, 0.717) is 39.4 Å². The maximum Gasteiger partial charge on any atom is 0.416 e. The zero-order valence-corrected chi connectivity index (χ0v) is 21.8. The number of methoxy groups -OCH3 is 1. The number of imidazole rings is 1. The summed E-state index contributed by atoms with van der Waals surface area (Å²) in [5.41, 5.74) is 6.23. The largest absolute Gasteiger partial charge is 0.416 e. The van der Waals surface area contributed by atoms with Gasteiger partial charge in [-0.25, -0.2) is 23.4 Å². The van der Waals surface area contributed by atoms with E-state index in [1.54, 1.807) is 37.8 Å². The number of hydrogen-bond donors (Lipinski definition) is 2. The fourth-order valence-corrected chi connectivity index (χ4v) is 6.53. The van der Waals surface area contributed by atoms with Crippen molar-refractivity contribution in [3.8, 4) is 0 Å². The monoisotopic (exact) mass is 548 g/mol. The number of benzene rings is 1. The van der Waals surface area contributed by atoms with E-state index in [-0.39, 0.29) is 30.0 Å². The van der Waals surface area contributed by atoms with Crippen molar-refractivity contribution in [1.29, 1.82) is 0 Å². The molecule has 4 heterocycles. The van der Waals surface area contributed by atoms with E-state index >= 15 is 0 Å². The maximum absolute atomic E-state index is 13.4. The van der Waals surface area contributed by atoms with Gasteiger partial charge in [-0.1, -0.05) is 0 Å². The molecule has 3 N–H and O–H groups in total. The summed E-state index contributed by atoms with van der Waals surface area (Å²) in [6.45, 7) is 3.44. The van der Waals surface area contributed by atoms with Crippen LogP contribution in [0.1, 0.15) is 48.3 Å². The highest BCUT2D eigenvalue weighted by atomic mass is 32.2. The van der Waals surface area contributed by atoms with Gasteiger partial charge in [0, 0.05) is 30.8 Å². The maximum atomic E-state index is 13.4. The first-order valence-corrected chi connectivity index (χ1v) is 13.8. The van der Waals surface area contributed by atoms with Crippen LogP contribution in [0, 0.1) is 6.92 Å². The number of alkyl halides is 3. The quantitative estimate of drug-likeness (QED) is 0.352. The number of nitrogen functional groups attached to an aromatic ring is 1. The molecule has 1 aliphatic rings. The van der Waals surface area contributed by atoms with Crippen LogP contribution in [0.3, 0.4) is 0 Å². The first kappa shape index (κ1) is 26.2. The molecular formula is C25H27F3N6O3S. The van der Waals surface area contributed by atoms with Gasteiger partial charge in [0.25, 0.3) is 0 Å². The van der Waals surface area contributed by atoms with Gasteiger partial charge in [0.1, 0.15) is 17.3 Å². The van der Waals surface area contributed by atoms with Gasteiger partial charge < -0.3 is 15.8 Å². The van der Waals surface area contributed by atoms with Gasteiger partial charge in [0.2, 0.25) is 0 Å². The highest BCUT2D eigenvalue weighted by molar-refractivity contribution is 7.91. The van der Waals surface area contributed by atoms with Gasteiger partial charge in [-0.3, -0.25) is 4.40 Å². The van der Waals surface area contributed by atoms with Gasteiger partial charge in [0.05, 0.1) is 34.1 Å². The Hall–Kier alpha value is -3.45. The van der Waals surface area contributed by atoms with Crippen LogP contribution in [-0.2, 0) is 26.4 Å². The van der Waals surface area contributed by atoms with Gasteiger partial charge >= 0.3 is 6.18 Å². The molecule has 9 nitrogen and oxygen atoms in total. The number of fused-ring (bicyclic) bond motifs is 3. The average molecular weight is 549 g/mol. The van der Waals surface area contributed by atoms with Crippen LogP contribution >= 0.6 is 0 Å². The Kier molecular flexibility index (Phi) is 6.26. The molecule has 1 aromatic carbocycles. The van der Waals surface area contributed by atoms with Crippen LogP contribution < -0.4 is 11.1 Å². The molecule has 0 spiro atoms. The molecule has 0 bridgehead atoms. The molecule has 1 atom stereocenters. The van der Waals surface area contributed by atoms with Crippen molar-refractivity contribution in [1.82, 2.24) is 19.4 Å². The molecule has 0 aliphatic carbocycles. The van der Waals surface area contributed by atoms with Crippen molar-refractivity contribution in [2.45, 2.75) is 44.5 Å². The number of ether oxygens (including phenoxy) is 1. The topological polar surface area (TPSA) is 124 Å². The summed E-state index contributed by atoms with van der Waals surface area (Å²) in [4.78, 5) is 13.7. The van der Waals surface area contributed by atoms with E-state index in [0.717, 1.165) is 12.1 Å². The molecule has 0 radical (unpaired) electrons. The minimum atomic E-state index is -4.54. The molecule has 0 saturated carbocycles. The molecule has 3 aromatic heterocycles. The molecule has 1 aliphatic heterocycles. The highest BCUT2D eigenvalue weighted by Gasteiger charge is 2.41. The second-order valence-corrected chi connectivity index (χ2v) is 11.9. The number of nitrogens with zero attached hydrogens (tertiary/aromatic N) is 4. The van der Waals surface area contributed by atoms with E-state index in [4.69, 9.17) is 10.5 Å². The van der Waals surface area contributed by atoms with Crippen molar-refractivity contribution in [2.24, 2.45) is 0 Å². The number of halogens is 3. The Labute approximate surface area is 217 Å². The van der Waals surface area contributed by atoms with Crippen molar-refractivity contribution in [3.63, 3.8) is 0 Å². The molecule has 202 valence electrons. The molecule has 1 fully saturated rings. The first-order chi connectivity index (χ1) is 17.8. The normalized spacial score (nSPS) is 18.1. The number of aryl methyl sites for hydroxylation is 1. The van der Waals surface area contributed by atoms with E-state index in [2.05, 4.69) is 20.3 Å². The summed E-state index contributed by atoms with van der Waals surface area (Å²) in [6, 6.07) is 4.71. The van der Waals surface area contributed by atoms with Crippen molar-refractivity contribution in [2.75, 3.05) is 29.7 Å². The summed E-state index contributed by atoms with van der Waals surface area (Å²) in [7, 11) is -1.62. The molecule has 13 heteroatoms. The standard InChI is InChI=1S/C25H27F3N6O3S/c1-14(16-10-17(25(26,27)28)12-18(29)11-16)31-21-19-13-20(24(37-3)4-8-38(35,36)9-5-24)23-30-6-7-34(23)22(19)33-15(2)32-21/h6-7,10-14H,4-5,8-9,29H2,1-3H3,(H,31,32,33)/t14-/m1/s1. The van der Waals surface area contributed by atoms with Crippen molar-refractivity contribution in [3.05, 3.63) is 59.2 Å². The highest BCUT2D eigenvalue weighted by Crippen LogP contribution is 2.41. The molecule has 0 amide bonds. The predicted molar refractivity (Wildman–Crippen MR) is 137 cm³/mol. The van der Waals surface area contributed by atoms with Crippen molar-refractivity contribution < 1.29 is 26.3 Å². The number of nitrogens with two attached hydrogens (primary N) is 1. The summed E-state index contributed by atoms with van der Waals surface area (Å²) >= 11 is 0. The zero-order chi connectivity index (χ0) is 27.5. The number of anilines is 2. The summed E-state index contributed by atoms with van der Waals surface area (Å²) in [5, 5.41) is 3.82. The van der Waals surface area contributed by atoms with Crippen LogP contribution in [0.5, 0.6) is 0 Å². The summed E-state index contributed by atoms with van der Waals surface area (Å²) < 4.78 is 72.3. The first-order valence-electron chi connectivity index (χ1n) is 12.0. The second-order valence-electron chi connectivity index (χ2n) is 9.64. The Morgan fingerprint density at radius 3 is 2.50 bits per heavy atom. The SMILES string of the molecule is COC1(c2cc3c(N[C@H](C)c4cc(N)cc(C(F)(F)F)c4)nc(C)nc3n3ccnc23)CCS(=O)(=O)CC1. The molecule has 5 rings (SSSR count). The van der Waals surface area contributed by atoms with E-state index in [9.17, 15) is 21.6 Å². The Morgan fingerprint density at radius 1 is 1.13 bits per heavy atom. The van der Waals surface area contributed by atoms with Gasteiger partial charge in [-0.15, -0.1) is 0 Å². The third-order valence-corrected chi connectivity index (χ3v) is 8.76. The molecule has 4 aromatic rings.